The minimum absolute atomic E-state index is 0.195. The number of aromatic nitrogens is 1. The van der Waals surface area contributed by atoms with E-state index in [0.29, 0.717) is 28.2 Å². The molecule has 144 valence electrons. The van der Waals surface area contributed by atoms with Gasteiger partial charge in [-0.3, -0.25) is 14.2 Å². The van der Waals surface area contributed by atoms with Crippen molar-refractivity contribution >= 4 is 28.5 Å². The average Bonchev–Trinajstić information content (AvgIpc) is 3.16. The third-order valence-electron chi connectivity index (χ3n) is 5.59. The summed E-state index contributed by atoms with van der Waals surface area (Å²) in [4.78, 5) is 31.3. The summed E-state index contributed by atoms with van der Waals surface area (Å²) in [5.41, 5.74) is 0.941. The van der Waals surface area contributed by atoms with Crippen LogP contribution in [-0.4, -0.2) is 16.2 Å². The van der Waals surface area contributed by atoms with E-state index in [1.807, 2.05) is 31.2 Å². The number of anilines is 1. The third kappa shape index (κ3) is 2.23. The van der Waals surface area contributed by atoms with Crippen LogP contribution in [0.15, 0.2) is 52.3 Å². The number of hydrogen-bond acceptors (Lipinski definition) is 5. The second-order valence-corrected chi connectivity index (χ2v) is 8.53. The van der Waals surface area contributed by atoms with Crippen molar-refractivity contribution in [2.24, 2.45) is 4.99 Å². The monoisotopic (exact) mass is 407 g/mol. The molecule has 1 amide bonds. The summed E-state index contributed by atoms with van der Waals surface area (Å²) in [5, 5.41) is 2.71. The van der Waals surface area contributed by atoms with Gasteiger partial charge in [0, 0.05) is 23.2 Å². The van der Waals surface area contributed by atoms with Crippen molar-refractivity contribution in [1.82, 2.24) is 4.57 Å². The van der Waals surface area contributed by atoms with Gasteiger partial charge in [-0.15, -0.1) is 0 Å². The second kappa shape index (κ2) is 5.42. The van der Waals surface area contributed by atoms with Crippen molar-refractivity contribution in [2.75, 3.05) is 5.32 Å². The lowest BCUT2D eigenvalue weighted by Gasteiger charge is -2.39. The Morgan fingerprint density at radius 2 is 2.10 bits per heavy atom. The lowest BCUT2D eigenvalue weighted by atomic mass is 9.92. The number of carbonyl (C=O) groups excluding carboxylic acids is 1. The van der Waals surface area contributed by atoms with Crippen molar-refractivity contribution in [3.63, 3.8) is 0 Å². The molecule has 0 fully saturated rings. The molecule has 0 spiro atoms. The zero-order valence-corrected chi connectivity index (χ0v) is 16.0. The second-order valence-electron chi connectivity index (χ2n) is 7.55. The van der Waals surface area contributed by atoms with Crippen LogP contribution in [0.25, 0.3) is 5.57 Å². The lowest BCUT2D eigenvalue weighted by Crippen LogP contribution is -2.49. The minimum Gasteiger partial charge on any atom is -0.466 e. The van der Waals surface area contributed by atoms with Crippen molar-refractivity contribution in [2.45, 2.75) is 25.1 Å². The Kier molecular flexibility index (Phi) is 3.11. The number of ether oxygens (including phenoxy) is 1. The molecule has 0 saturated heterocycles. The number of hydrogen-bond donors (Lipinski definition) is 1. The molecule has 6 nitrogen and oxygen atoms in total. The van der Waals surface area contributed by atoms with Gasteiger partial charge in [-0.25, -0.2) is 9.38 Å². The maximum atomic E-state index is 13.8. The Bertz CT molecular complexity index is 1420. The molecule has 3 aliphatic rings. The Labute approximate surface area is 167 Å². The fourth-order valence-corrected chi connectivity index (χ4v) is 5.57. The van der Waals surface area contributed by atoms with Gasteiger partial charge in [0.05, 0.1) is 11.6 Å². The van der Waals surface area contributed by atoms with Crippen molar-refractivity contribution in [3.8, 4) is 5.75 Å². The van der Waals surface area contributed by atoms with Crippen LogP contribution in [0, 0.1) is 5.82 Å². The van der Waals surface area contributed by atoms with E-state index in [1.165, 1.54) is 18.2 Å². The molecule has 0 radical (unpaired) electrons. The van der Waals surface area contributed by atoms with Crippen LogP contribution < -0.4 is 24.9 Å². The Morgan fingerprint density at radius 3 is 2.97 bits per heavy atom. The van der Waals surface area contributed by atoms with E-state index in [2.05, 4.69) is 10.3 Å². The highest BCUT2D eigenvalue weighted by Gasteiger charge is 2.42. The standard InChI is InChI=1S/C21H14FN3O3S/c1-21-9-14(11-4-2-3-5-15(11)28-21)25-19(27)17(29-20(25)24-21)16-12-8-10(22)6-7-13(12)23-18(16)26/h2-8,14H,9H2,1H3,(H,23,26)/b17-16-/t14-,21-/m0/s1. The molecule has 0 unspecified atom stereocenters. The van der Waals surface area contributed by atoms with Crippen LogP contribution in [0.4, 0.5) is 10.1 Å². The summed E-state index contributed by atoms with van der Waals surface area (Å²) in [6.07, 6.45) is 0.528. The van der Waals surface area contributed by atoms with Crippen molar-refractivity contribution in [1.29, 1.82) is 0 Å². The number of thiazole rings is 1. The number of rotatable bonds is 0. The Morgan fingerprint density at radius 1 is 1.28 bits per heavy atom. The first-order chi connectivity index (χ1) is 13.9. The summed E-state index contributed by atoms with van der Waals surface area (Å²) in [6, 6.07) is 11.4. The zero-order valence-electron chi connectivity index (χ0n) is 15.2. The minimum atomic E-state index is -0.778. The van der Waals surface area contributed by atoms with E-state index < -0.39 is 17.4 Å². The van der Waals surface area contributed by atoms with Gasteiger partial charge in [0.1, 0.15) is 16.1 Å². The van der Waals surface area contributed by atoms with Gasteiger partial charge in [0.15, 0.2) is 4.80 Å². The summed E-state index contributed by atoms with van der Waals surface area (Å²) in [6.45, 7) is 1.89. The van der Waals surface area contributed by atoms with Gasteiger partial charge in [-0.2, -0.15) is 0 Å². The van der Waals surface area contributed by atoms with E-state index >= 15 is 0 Å². The predicted octanol–water partition coefficient (Wildman–Crippen LogP) is 1.92. The van der Waals surface area contributed by atoms with Gasteiger partial charge >= 0.3 is 0 Å². The molecule has 29 heavy (non-hydrogen) atoms. The SMILES string of the molecule is C[C@@]12C[C@@H](c3ccccc3O1)n1c(s/c(=C3\C(=O)Nc4ccc(F)cc43)c1=O)=N2. The highest BCUT2D eigenvalue weighted by Crippen LogP contribution is 2.42. The van der Waals surface area contributed by atoms with Gasteiger partial charge in [0.25, 0.3) is 11.5 Å². The topological polar surface area (TPSA) is 72.7 Å². The molecular formula is C21H14FN3O3S. The number of fused-ring (bicyclic) bond motifs is 7. The van der Waals surface area contributed by atoms with Crippen molar-refractivity contribution in [3.05, 3.63) is 79.1 Å². The van der Waals surface area contributed by atoms with Crippen LogP contribution in [0.5, 0.6) is 5.75 Å². The van der Waals surface area contributed by atoms with Crippen LogP contribution in [0.3, 0.4) is 0 Å². The maximum absolute atomic E-state index is 13.8. The molecule has 2 aromatic carbocycles. The van der Waals surface area contributed by atoms with Gasteiger partial charge in [-0.05, 0) is 31.2 Å². The molecule has 8 heteroatoms. The lowest BCUT2D eigenvalue weighted by molar-refractivity contribution is -0.110. The van der Waals surface area contributed by atoms with E-state index in [4.69, 9.17) is 4.74 Å². The van der Waals surface area contributed by atoms with E-state index in [9.17, 15) is 14.0 Å². The summed E-state index contributed by atoms with van der Waals surface area (Å²) in [5.74, 6) is -0.165. The van der Waals surface area contributed by atoms with E-state index in [1.54, 1.807) is 4.57 Å². The van der Waals surface area contributed by atoms with Gasteiger partial charge in [0.2, 0.25) is 5.72 Å². The first-order valence-corrected chi connectivity index (χ1v) is 10.00. The molecular weight excluding hydrogens is 393 g/mol. The quantitative estimate of drug-likeness (QED) is 0.619. The van der Waals surface area contributed by atoms with Crippen LogP contribution in [0.2, 0.25) is 0 Å². The van der Waals surface area contributed by atoms with Crippen LogP contribution >= 0.6 is 11.3 Å². The van der Waals surface area contributed by atoms with E-state index in [-0.39, 0.29) is 21.7 Å². The number of nitrogens with zero attached hydrogens (tertiary/aromatic N) is 2. The molecule has 4 heterocycles. The molecule has 6 rings (SSSR count). The molecule has 2 bridgehead atoms. The summed E-state index contributed by atoms with van der Waals surface area (Å²) >= 11 is 1.15. The first-order valence-electron chi connectivity index (χ1n) is 9.18. The number of carbonyl (C=O) groups is 1. The predicted molar refractivity (Wildman–Crippen MR) is 105 cm³/mol. The smallest absolute Gasteiger partial charge is 0.271 e. The van der Waals surface area contributed by atoms with Crippen LogP contribution in [0.1, 0.15) is 30.5 Å². The van der Waals surface area contributed by atoms with E-state index in [0.717, 1.165) is 16.9 Å². The summed E-state index contributed by atoms with van der Waals surface area (Å²) < 4.78 is 21.8. The normalized spacial score (nSPS) is 25.3. The third-order valence-corrected chi connectivity index (χ3v) is 6.64. The fraction of sp³-hybridized carbons (Fsp3) is 0.190. The highest BCUT2D eigenvalue weighted by atomic mass is 32.1. The molecule has 2 atom stereocenters. The summed E-state index contributed by atoms with van der Waals surface area (Å²) in [7, 11) is 0. The molecule has 1 N–H and O–H groups in total. The molecule has 1 aromatic heterocycles. The highest BCUT2D eigenvalue weighted by molar-refractivity contribution is 7.07. The van der Waals surface area contributed by atoms with Crippen LogP contribution in [-0.2, 0) is 4.79 Å². The van der Waals surface area contributed by atoms with Gasteiger partial charge in [-0.1, -0.05) is 29.5 Å². The molecule has 0 aliphatic carbocycles. The fourth-order valence-electron chi connectivity index (χ4n) is 4.35. The van der Waals surface area contributed by atoms with Crippen molar-refractivity contribution < 1.29 is 13.9 Å². The molecule has 3 aliphatic heterocycles. The number of halogens is 1. The Balaban J connectivity index is 1.70. The molecule has 3 aromatic rings. The first kappa shape index (κ1) is 16.7. The number of amides is 1. The Hall–Kier alpha value is -3.26. The largest absolute Gasteiger partial charge is 0.466 e. The number of benzene rings is 2. The molecule has 0 saturated carbocycles. The average molecular weight is 407 g/mol. The number of para-hydroxylation sites is 1. The number of nitrogens with one attached hydrogen (secondary N) is 1. The zero-order chi connectivity index (χ0) is 19.9. The maximum Gasteiger partial charge on any atom is 0.271 e. The van der Waals surface area contributed by atoms with Gasteiger partial charge < -0.3 is 10.1 Å².